The Kier molecular flexibility index (Phi) is 2.63. The summed E-state index contributed by atoms with van der Waals surface area (Å²) in [7, 11) is 0. The van der Waals surface area contributed by atoms with E-state index < -0.39 is 0 Å². The Morgan fingerprint density at radius 1 is 1.50 bits per heavy atom. The van der Waals surface area contributed by atoms with Crippen LogP contribution in [0.3, 0.4) is 0 Å². The summed E-state index contributed by atoms with van der Waals surface area (Å²) >= 11 is 0. The quantitative estimate of drug-likeness (QED) is 0.641. The number of carbonyl (C=O) groups excluding carboxylic acids is 1. The van der Waals surface area contributed by atoms with Crippen molar-refractivity contribution in [3.8, 4) is 0 Å². The molecule has 0 fully saturated rings. The van der Waals surface area contributed by atoms with E-state index in [1.54, 1.807) is 0 Å². The molecule has 0 saturated heterocycles. The SMILES string of the molecule is CCCn1c(C=O)nc(C)c1C. The summed E-state index contributed by atoms with van der Waals surface area (Å²) in [6.45, 7) is 6.88. The molecule has 0 N–H and O–H groups in total. The van der Waals surface area contributed by atoms with Crippen molar-refractivity contribution < 1.29 is 4.79 Å². The van der Waals surface area contributed by atoms with Gasteiger partial charge in [-0.15, -0.1) is 0 Å². The van der Waals surface area contributed by atoms with E-state index in [0.717, 1.165) is 30.6 Å². The molecule has 0 aliphatic heterocycles. The van der Waals surface area contributed by atoms with Crippen LogP contribution in [0.25, 0.3) is 0 Å². The van der Waals surface area contributed by atoms with Gasteiger partial charge in [-0.2, -0.15) is 0 Å². The monoisotopic (exact) mass is 166 g/mol. The maximum Gasteiger partial charge on any atom is 0.185 e. The lowest BCUT2D eigenvalue weighted by molar-refractivity contribution is 0.111. The van der Waals surface area contributed by atoms with E-state index in [4.69, 9.17) is 0 Å². The Hall–Kier alpha value is -1.12. The Bertz CT molecular complexity index is 289. The van der Waals surface area contributed by atoms with Crippen LogP contribution >= 0.6 is 0 Å². The highest BCUT2D eigenvalue weighted by molar-refractivity contribution is 5.69. The molecule has 3 nitrogen and oxygen atoms in total. The molecule has 0 spiro atoms. The molecule has 0 bridgehead atoms. The van der Waals surface area contributed by atoms with Gasteiger partial charge in [0, 0.05) is 12.2 Å². The van der Waals surface area contributed by atoms with Crippen LogP contribution in [0.1, 0.15) is 35.4 Å². The van der Waals surface area contributed by atoms with E-state index in [1.807, 2.05) is 18.4 Å². The van der Waals surface area contributed by atoms with Crippen LogP contribution in [0, 0.1) is 13.8 Å². The first kappa shape index (κ1) is 8.97. The highest BCUT2D eigenvalue weighted by Gasteiger charge is 2.08. The van der Waals surface area contributed by atoms with Gasteiger partial charge in [0.15, 0.2) is 12.1 Å². The molecule has 1 aromatic heterocycles. The molecule has 0 unspecified atom stereocenters. The van der Waals surface area contributed by atoms with Crippen LogP contribution in [0.4, 0.5) is 0 Å². The van der Waals surface area contributed by atoms with E-state index in [0.29, 0.717) is 5.82 Å². The fourth-order valence-electron chi connectivity index (χ4n) is 1.28. The molecular formula is C9H14N2O. The maximum absolute atomic E-state index is 10.6. The average Bonchev–Trinajstić information content (AvgIpc) is 2.33. The van der Waals surface area contributed by atoms with Crippen LogP contribution < -0.4 is 0 Å². The lowest BCUT2D eigenvalue weighted by atomic mass is 10.3. The van der Waals surface area contributed by atoms with Crippen LogP contribution in [-0.2, 0) is 6.54 Å². The third kappa shape index (κ3) is 1.40. The van der Waals surface area contributed by atoms with Crippen molar-refractivity contribution in [3.63, 3.8) is 0 Å². The van der Waals surface area contributed by atoms with Gasteiger partial charge < -0.3 is 4.57 Å². The van der Waals surface area contributed by atoms with Crippen molar-refractivity contribution in [1.29, 1.82) is 0 Å². The number of aromatic nitrogens is 2. The Morgan fingerprint density at radius 2 is 2.17 bits per heavy atom. The minimum Gasteiger partial charge on any atom is -0.326 e. The standard InChI is InChI=1S/C9H14N2O/c1-4-5-11-8(3)7(2)10-9(11)6-12/h6H,4-5H2,1-3H3. The molecule has 1 heterocycles. The zero-order valence-corrected chi connectivity index (χ0v) is 7.79. The van der Waals surface area contributed by atoms with Crippen molar-refractivity contribution in [2.24, 2.45) is 0 Å². The molecule has 12 heavy (non-hydrogen) atoms. The second-order valence-corrected chi connectivity index (χ2v) is 2.91. The molecule has 0 aliphatic rings. The molecule has 0 amide bonds. The normalized spacial score (nSPS) is 10.2. The number of hydrogen-bond acceptors (Lipinski definition) is 2. The van der Waals surface area contributed by atoms with Gasteiger partial charge in [0.2, 0.25) is 0 Å². The molecule has 0 radical (unpaired) electrons. The van der Waals surface area contributed by atoms with Crippen molar-refractivity contribution in [2.75, 3.05) is 0 Å². The zero-order chi connectivity index (χ0) is 9.14. The topological polar surface area (TPSA) is 34.9 Å². The van der Waals surface area contributed by atoms with E-state index in [9.17, 15) is 4.79 Å². The maximum atomic E-state index is 10.6. The van der Waals surface area contributed by atoms with Gasteiger partial charge in [-0.1, -0.05) is 6.92 Å². The smallest absolute Gasteiger partial charge is 0.185 e. The van der Waals surface area contributed by atoms with E-state index >= 15 is 0 Å². The minimum absolute atomic E-state index is 0.548. The Balaban J connectivity index is 3.11. The first-order valence-electron chi connectivity index (χ1n) is 4.19. The van der Waals surface area contributed by atoms with E-state index in [2.05, 4.69) is 11.9 Å². The summed E-state index contributed by atoms with van der Waals surface area (Å²) in [4.78, 5) is 14.7. The number of carbonyl (C=O) groups is 1. The van der Waals surface area contributed by atoms with Crippen LogP contribution in [0.15, 0.2) is 0 Å². The molecule has 1 aromatic rings. The second-order valence-electron chi connectivity index (χ2n) is 2.91. The van der Waals surface area contributed by atoms with E-state index in [1.165, 1.54) is 0 Å². The minimum atomic E-state index is 0.548. The van der Waals surface area contributed by atoms with Gasteiger partial charge in [0.1, 0.15) is 0 Å². The lowest BCUT2D eigenvalue weighted by Gasteiger charge is -2.03. The third-order valence-electron chi connectivity index (χ3n) is 2.04. The second kappa shape index (κ2) is 3.52. The fourth-order valence-corrected chi connectivity index (χ4v) is 1.28. The highest BCUT2D eigenvalue weighted by Crippen LogP contribution is 2.08. The third-order valence-corrected chi connectivity index (χ3v) is 2.04. The molecule has 0 aliphatic carbocycles. The van der Waals surface area contributed by atoms with Gasteiger partial charge in [0.05, 0.1) is 5.69 Å². The van der Waals surface area contributed by atoms with E-state index in [-0.39, 0.29) is 0 Å². The summed E-state index contributed by atoms with van der Waals surface area (Å²) in [6.07, 6.45) is 1.84. The summed E-state index contributed by atoms with van der Waals surface area (Å²) in [5, 5.41) is 0. The largest absolute Gasteiger partial charge is 0.326 e. The summed E-state index contributed by atoms with van der Waals surface area (Å²) in [6, 6.07) is 0. The van der Waals surface area contributed by atoms with Gasteiger partial charge >= 0.3 is 0 Å². The summed E-state index contributed by atoms with van der Waals surface area (Å²) < 4.78 is 1.96. The van der Waals surface area contributed by atoms with Crippen LogP contribution in [-0.4, -0.2) is 15.8 Å². The molecule has 3 heteroatoms. The molecule has 0 atom stereocenters. The average molecular weight is 166 g/mol. The highest BCUT2D eigenvalue weighted by atomic mass is 16.1. The number of aryl methyl sites for hydroxylation is 1. The number of imidazole rings is 1. The van der Waals surface area contributed by atoms with Crippen molar-refractivity contribution in [3.05, 3.63) is 17.2 Å². The first-order chi connectivity index (χ1) is 5.70. The Labute approximate surface area is 72.4 Å². The predicted octanol–water partition coefficient (Wildman–Crippen LogP) is 1.72. The van der Waals surface area contributed by atoms with Crippen molar-refractivity contribution in [1.82, 2.24) is 9.55 Å². The van der Waals surface area contributed by atoms with Crippen molar-refractivity contribution >= 4 is 6.29 Å². The predicted molar refractivity (Wildman–Crippen MR) is 47.4 cm³/mol. The summed E-state index contributed by atoms with van der Waals surface area (Å²) in [5.74, 6) is 0.548. The van der Waals surface area contributed by atoms with Gasteiger partial charge in [-0.3, -0.25) is 4.79 Å². The first-order valence-corrected chi connectivity index (χ1v) is 4.19. The Morgan fingerprint density at radius 3 is 2.67 bits per heavy atom. The fraction of sp³-hybridized carbons (Fsp3) is 0.556. The lowest BCUT2D eigenvalue weighted by Crippen LogP contribution is -2.03. The van der Waals surface area contributed by atoms with Gasteiger partial charge in [-0.05, 0) is 20.3 Å². The molecule has 0 saturated carbocycles. The van der Waals surface area contributed by atoms with Gasteiger partial charge in [0.25, 0.3) is 0 Å². The number of hydrogen-bond donors (Lipinski definition) is 0. The molecule has 1 rings (SSSR count). The van der Waals surface area contributed by atoms with Crippen LogP contribution in [0.5, 0.6) is 0 Å². The zero-order valence-electron chi connectivity index (χ0n) is 7.79. The van der Waals surface area contributed by atoms with Crippen LogP contribution in [0.2, 0.25) is 0 Å². The molecule has 0 aromatic carbocycles. The molecule has 66 valence electrons. The van der Waals surface area contributed by atoms with Crippen molar-refractivity contribution in [2.45, 2.75) is 33.7 Å². The number of rotatable bonds is 3. The molecular weight excluding hydrogens is 152 g/mol. The summed E-state index contributed by atoms with van der Waals surface area (Å²) in [5.41, 5.74) is 2.05. The van der Waals surface area contributed by atoms with Gasteiger partial charge in [-0.25, -0.2) is 4.98 Å². The number of aldehydes is 1. The number of nitrogens with zero attached hydrogens (tertiary/aromatic N) is 2.